The minimum atomic E-state index is -0.259. The van der Waals surface area contributed by atoms with Crippen LogP contribution >= 0.6 is 11.6 Å². The SMILES string of the molecule is Cc1cc(C)n(C(=O)c2cnc(-n3nc(C)cc3C)c(Cl)c2)n1. The smallest absolute Gasteiger partial charge is 0.267 e. The lowest BCUT2D eigenvalue weighted by molar-refractivity contribution is 0.0942. The average molecular weight is 330 g/mol. The normalized spacial score (nSPS) is 11.0. The van der Waals surface area contributed by atoms with Crippen molar-refractivity contribution in [1.82, 2.24) is 24.5 Å². The maximum absolute atomic E-state index is 12.5. The molecule has 0 fully saturated rings. The molecule has 0 saturated heterocycles. The Labute approximate surface area is 138 Å². The molecule has 6 nitrogen and oxygen atoms in total. The van der Waals surface area contributed by atoms with Gasteiger partial charge in [-0.1, -0.05) is 11.6 Å². The van der Waals surface area contributed by atoms with Gasteiger partial charge in [0.2, 0.25) is 0 Å². The van der Waals surface area contributed by atoms with Gasteiger partial charge in [0.05, 0.1) is 22.0 Å². The highest BCUT2D eigenvalue weighted by Gasteiger charge is 2.16. The van der Waals surface area contributed by atoms with Crippen molar-refractivity contribution in [2.75, 3.05) is 0 Å². The summed E-state index contributed by atoms with van der Waals surface area (Å²) in [4.78, 5) is 16.8. The van der Waals surface area contributed by atoms with Crippen LogP contribution in [0.4, 0.5) is 0 Å². The molecule has 0 bridgehead atoms. The second kappa shape index (κ2) is 5.62. The standard InChI is InChI=1S/C16H16ClN5O/c1-9-5-11(3)21(19-9)15-14(17)7-13(8-18-15)16(23)22-12(4)6-10(2)20-22/h5-8H,1-4H3. The van der Waals surface area contributed by atoms with E-state index in [4.69, 9.17) is 11.6 Å². The molecule has 0 aromatic carbocycles. The zero-order valence-corrected chi connectivity index (χ0v) is 14.1. The van der Waals surface area contributed by atoms with Crippen LogP contribution in [-0.4, -0.2) is 30.5 Å². The molecule has 7 heteroatoms. The Hall–Kier alpha value is -2.47. The van der Waals surface area contributed by atoms with Crippen LogP contribution in [0.15, 0.2) is 24.4 Å². The number of hydrogen-bond acceptors (Lipinski definition) is 4. The van der Waals surface area contributed by atoms with Crippen LogP contribution in [0.1, 0.15) is 33.1 Å². The number of carbonyl (C=O) groups excluding carboxylic acids is 1. The number of aromatic nitrogens is 5. The van der Waals surface area contributed by atoms with Crippen molar-refractivity contribution < 1.29 is 4.79 Å². The topological polar surface area (TPSA) is 65.6 Å². The van der Waals surface area contributed by atoms with Crippen molar-refractivity contribution in [1.29, 1.82) is 0 Å². The van der Waals surface area contributed by atoms with E-state index in [0.29, 0.717) is 16.4 Å². The van der Waals surface area contributed by atoms with Gasteiger partial charge >= 0.3 is 0 Å². The summed E-state index contributed by atoms with van der Waals surface area (Å²) in [5.74, 6) is 0.243. The predicted molar refractivity (Wildman–Crippen MR) is 87.3 cm³/mol. The number of rotatable bonds is 2. The molecule has 0 atom stereocenters. The molecule has 0 aliphatic rings. The van der Waals surface area contributed by atoms with Crippen LogP contribution < -0.4 is 0 Å². The number of carbonyl (C=O) groups is 1. The number of halogens is 1. The molecule has 0 radical (unpaired) electrons. The third-order valence-corrected chi connectivity index (χ3v) is 3.76. The van der Waals surface area contributed by atoms with Gasteiger partial charge in [0.15, 0.2) is 5.82 Å². The first-order valence-corrected chi connectivity index (χ1v) is 7.52. The summed E-state index contributed by atoms with van der Waals surface area (Å²) in [6.07, 6.45) is 1.50. The van der Waals surface area contributed by atoms with Gasteiger partial charge in [-0.15, -0.1) is 0 Å². The highest BCUT2D eigenvalue weighted by molar-refractivity contribution is 6.32. The molecule has 0 aliphatic heterocycles. The summed E-state index contributed by atoms with van der Waals surface area (Å²) in [5, 5.41) is 8.92. The summed E-state index contributed by atoms with van der Waals surface area (Å²) in [6, 6.07) is 5.38. The third-order valence-electron chi connectivity index (χ3n) is 3.48. The van der Waals surface area contributed by atoms with Crippen molar-refractivity contribution in [3.8, 4) is 5.82 Å². The van der Waals surface area contributed by atoms with Crippen LogP contribution in [0.3, 0.4) is 0 Å². The minimum Gasteiger partial charge on any atom is -0.267 e. The first kappa shape index (κ1) is 15.4. The highest BCUT2D eigenvalue weighted by atomic mass is 35.5. The number of aryl methyl sites for hydroxylation is 4. The van der Waals surface area contributed by atoms with Gasteiger partial charge in [0, 0.05) is 17.6 Å². The lowest BCUT2D eigenvalue weighted by atomic mass is 10.2. The van der Waals surface area contributed by atoms with Gasteiger partial charge in [-0.05, 0) is 45.9 Å². The fraction of sp³-hybridized carbons (Fsp3) is 0.250. The van der Waals surface area contributed by atoms with Crippen molar-refractivity contribution >= 4 is 17.5 Å². The number of nitrogens with zero attached hydrogens (tertiary/aromatic N) is 5. The molecule has 23 heavy (non-hydrogen) atoms. The fourth-order valence-corrected chi connectivity index (χ4v) is 2.75. The van der Waals surface area contributed by atoms with E-state index in [0.717, 1.165) is 22.8 Å². The fourth-order valence-electron chi connectivity index (χ4n) is 2.50. The molecule has 0 unspecified atom stereocenters. The molecule has 0 amide bonds. The van der Waals surface area contributed by atoms with E-state index < -0.39 is 0 Å². The molecule has 3 rings (SSSR count). The lowest BCUT2D eigenvalue weighted by Gasteiger charge is -2.08. The summed E-state index contributed by atoms with van der Waals surface area (Å²) in [5.41, 5.74) is 3.74. The van der Waals surface area contributed by atoms with Gasteiger partial charge in [-0.25, -0.2) is 14.3 Å². The highest BCUT2D eigenvalue weighted by Crippen LogP contribution is 2.21. The maximum atomic E-state index is 12.5. The molecule has 118 valence electrons. The quantitative estimate of drug-likeness (QED) is 0.724. The zero-order valence-electron chi connectivity index (χ0n) is 13.3. The van der Waals surface area contributed by atoms with Crippen LogP contribution in [0.25, 0.3) is 5.82 Å². The van der Waals surface area contributed by atoms with E-state index in [9.17, 15) is 4.79 Å². The maximum Gasteiger partial charge on any atom is 0.280 e. The molecule has 3 heterocycles. The molecule has 0 spiro atoms. The van der Waals surface area contributed by atoms with E-state index in [1.54, 1.807) is 10.7 Å². The van der Waals surface area contributed by atoms with Crippen LogP contribution in [0, 0.1) is 27.7 Å². The van der Waals surface area contributed by atoms with E-state index in [-0.39, 0.29) is 5.91 Å². The van der Waals surface area contributed by atoms with Gasteiger partial charge in [0.25, 0.3) is 5.91 Å². The van der Waals surface area contributed by atoms with Gasteiger partial charge in [0.1, 0.15) is 0 Å². The monoisotopic (exact) mass is 329 g/mol. The van der Waals surface area contributed by atoms with E-state index in [1.807, 2.05) is 39.8 Å². The van der Waals surface area contributed by atoms with E-state index >= 15 is 0 Å². The summed E-state index contributed by atoms with van der Waals surface area (Å²) >= 11 is 6.32. The van der Waals surface area contributed by atoms with Crippen molar-refractivity contribution in [2.45, 2.75) is 27.7 Å². The van der Waals surface area contributed by atoms with Crippen LogP contribution in [0.5, 0.6) is 0 Å². The molecular weight excluding hydrogens is 314 g/mol. The second-order valence-corrected chi connectivity index (χ2v) is 5.92. The molecular formula is C16H16ClN5O. The largest absolute Gasteiger partial charge is 0.280 e. The Balaban J connectivity index is 2.01. The molecule has 0 saturated carbocycles. The zero-order chi connectivity index (χ0) is 16.7. The molecule has 0 N–H and O–H groups in total. The Kier molecular flexibility index (Phi) is 3.77. The summed E-state index contributed by atoms with van der Waals surface area (Å²) < 4.78 is 3.01. The van der Waals surface area contributed by atoms with Crippen molar-refractivity contribution in [3.63, 3.8) is 0 Å². The van der Waals surface area contributed by atoms with Gasteiger partial charge < -0.3 is 0 Å². The number of pyridine rings is 1. The number of hydrogen-bond donors (Lipinski definition) is 0. The third kappa shape index (κ3) is 2.77. The van der Waals surface area contributed by atoms with Crippen LogP contribution in [-0.2, 0) is 0 Å². The van der Waals surface area contributed by atoms with E-state index in [1.165, 1.54) is 10.9 Å². The average Bonchev–Trinajstić information content (AvgIpc) is 2.99. The van der Waals surface area contributed by atoms with Crippen molar-refractivity contribution in [3.05, 3.63) is 57.8 Å². The Morgan fingerprint density at radius 1 is 1.00 bits per heavy atom. The predicted octanol–water partition coefficient (Wildman–Crippen LogP) is 3.04. The lowest BCUT2D eigenvalue weighted by Crippen LogP contribution is -2.16. The molecule has 0 aliphatic carbocycles. The molecule has 3 aromatic rings. The Bertz CT molecular complexity index is 909. The van der Waals surface area contributed by atoms with Crippen LogP contribution in [0.2, 0.25) is 5.02 Å². The van der Waals surface area contributed by atoms with E-state index in [2.05, 4.69) is 15.2 Å². The second-order valence-electron chi connectivity index (χ2n) is 5.51. The Morgan fingerprint density at radius 2 is 1.65 bits per heavy atom. The summed E-state index contributed by atoms with van der Waals surface area (Å²) in [7, 11) is 0. The minimum absolute atomic E-state index is 0.259. The first-order chi connectivity index (χ1) is 10.9. The van der Waals surface area contributed by atoms with Gasteiger partial charge in [-0.3, -0.25) is 4.79 Å². The Morgan fingerprint density at radius 3 is 2.17 bits per heavy atom. The molecule has 3 aromatic heterocycles. The van der Waals surface area contributed by atoms with Crippen molar-refractivity contribution in [2.24, 2.45) is 0 Å². The first-order valence-electron chi connectivity index (χ1n) is 7.14. The van der Waals surface area contributed by atoms with Gasteiger partial charge in [-0.2, -0.15) is 10.2 Å². The summed E-state index contributed by atoms with van der Waals surface area (Å²) in [6.45, 7) is 7.50.